The van der Waals surface area contributed by atoms with Crippen molar-refractivity contribution >= 4 is 28.4 Å². The van der Waals surface area contributed by atoms with Crippen LogP contribution in [0.5, 0.6) is 11.5 Å². The number of hydrogen-bond donors (Lipinski definition) is 1. The van der Waals surface area contributed by atoms with E-state index in [2.05, 4.69) is 5.32 Å². The van der Waals surface area contributed by atoms with E-state index in [1.165, 1.54) is 14.2 Å². The molecule has 154 valence electrons. The molecule has 1 heterocycles. The predicted molar refractivity (Wildman–Crippen MR) is 108 cm³/mol. The number of fused-ring (bicyclic) bond motifs is 1. The molecule has 0 atom stereocenters. The van der Waals surface area contributed by atoms with Gasteiger partial charge in [-0.15, -0.1) is 0 Å². The molecule has 1 N–H and O–H groups in total. The van der Waals surface area contributed by atoms with Gasteiger partial charge in [0.15, 0.2) is 11.5 Å². The van der Waals surface area contributed by atoms with Crippen LogP contribution < -0.4 is 14.8 Å². The number of rotatable bonds is 6. The van der Waals surface area contributed by atoms with Gasteiger partial charge in [0.2, 0.25) is 0 Å². The Kier molecular flexibility index (Phi) is 5.98. The summed E-state index contributed by atoms with van der Waals surface area (Å²) in [5.41, 5.74) is 1.80. The average molecular weight is 423 g/mol. The first-order valence-corrected chi connectivity index (χ1v) is 9.32. The Morgan fingerprint density at radius 3 is 2.52 bits per heavy atom. The van der Waals surface area contributed by atoms with Crippen LogP contribution >= 0.6 is 11.6 Å². The third-order valence-corrected chi connectivity index (χ3v) is 5.27. The average Bonchev–Trinajstić information content (AvgIpc) is 2.97. The minimum absolute atomic E-state index is 0.00862. The highest BCUT2D eigenvalue weighted by atomic mass is 35.5. The van der Waals surface area contributed by atoms with E-state index in [1.807, 2.05) is 0 Å². The third kappa shape index (κ3) is 3.74. The Morgan fingerprint density at radius 2 is 1.86 bits per heavy atom. The van der Waals surface area contributed by atoms with E-state index in [-0.39, 0.29) is 23.0 Å². The highest BCUT2D eigenvalue weighted by molar-refractivity contribution is 6.35. The zero-order valence-electron chi connectivity index (χ0n) is 16.5. The van der Waals surface area contributed by atoms with Crippen molar-refractivity contribution in [1.29, 1.82) is 0 Å². The number of nitrogens with one attached hydrogen (secondary N) is 1. The van der Waals surface area contributed by atoms with Crippen LogP contribution in [0.4, 0.5) is 8.87 Å². The highest BCUT2D eigenvalue weighted by Gasteiger charge is 2.21. The van der Waals surface area contributed by atoms with E-state index in [9.17, 15) is 13.7 Å². The van der Waals surface area contributed by atoms with Gasteiger partial charge in [0.1, 0.15) is 11.3 Å². The molecule has 3 aromatic rings. The molecule has 0 fully saturated rings. The lowest BCUT2D eigenvalue weighted by Gasteiger charge is -2.10. The van der Waals surface area contributed by atoms with Crippen LogP contribution in [0, 0.1) is 19.7 Å². The molecule has 0 bridgehead atoms. The quantitative estimate of drug-likeness (QED) is 0.622. The van der Waals surface area contributed by atoms with Crippen LogP contribution in [0.15, 0.2) is 24.3 Å². The summed E-state index contributed by atoms with van der Waals surface area (Å²) in [6, 6.07) is 5.95. The molecule has 0 saturated heterocycles. The van der Waals surface area contributed by atoms with Crippen molar-refractivity contribution < 1.29 is 23.1 Å². The molecule has 3 rings (SSSR count). The number of carbonyl (C=O) groups is 1. The van der Waals surface area contributed by atoms with Gasteiger partial charge in [0, 0.05) is 17.5 Å². The highest BCUT2D eigenvalue weighted by Crippen LogP contribution is 2.35. The maximum absolute atomic E-state index is 14.6. The van der Waals surface area contributed by atoms with Gasteiger partial charge in [-0.1, -0.05) is 16.1 Å². The largest absolute Gasteiger partial charge is 0.493 e. The number of hydrogen-bond acceptors (Lipinski definition) is 3. The summed E-state index contributed by atoms with van der Waals surface area (Å²) >= 11 is 6.05. The van der Waals surface area contributed by atoms with Crippen molar-refractivity contribution in [1.82, 2.24) is 10.1 Å². The Bertz CT molecular complexity index is 1100. The number of nitrogens with zero attached hydrogens (tertiary/aromatic N) is 1. The van der Waals surface area contributed by atoms with Crippen LogP contribution in [-0.4, -0.2) is 31.5 Å². The minimum atomic E-state index is -0.497. The fraction of sp³-hybridized carbons (Fsp3) is 0.286. The molecule has 0 spiro atoms. The number of aryl methyl sites for hydroxylation is 1. The smallest absolute Gasteiger partial charge is 0.251 e. The van der Waals surface area contributed by atoms with Gasteiger partial charge in [-0.05, 0) is 55.7 Å². The van der Waals surface area contributed by atoms with Gasteiger partial charge in [0.05, 0.1) is 24.9 Å². The van der Waals surface area contributed by atoms with Crippen molar-refractivity contribution in [2.75, 3.05) is 20.8 Å². The molecule has 0 unspecified atom stereocenters. The molecular formula is C21H21ClF2N2O3. The van der Waals surface area contributed by atoms with Crippen LogP contribution in [0.2, 0.25) is 5.02 Å². The fourth-order valence-electron chi connectivity index (χ4n) is 3.42. The zero-order chi connectivity index (χ0) is 21.3. The minimum Gasteiger partial charge on any atom is -0.493 e. The first-order valence-electron chi connectivity index (χ1n) is 8.95. The number of halogens is 3. The van der Waals surface area contributed by atoms with Crippen LogP contribution in [0.3, 0.4) is 0 Å². The Labute approximate surface area is 172 Å². The first kappa shape index (κ1) is 20.9. The standard InChI is InChI=1S/C21H21ClF2N2O3/c1-11-16(23)10-15(22)20-19(11)14(12(2)26(20)24)7-8-25-21(27)13-5-6-17(28-3)18(9-13)29-4/h5-6,9-10H,7-8H2,1-4H3,(H,25,27). The second-order valence-corrected chi connectivity index (χ2v) is 7.02. The molecule has 0 aliphatic heterocycles. The maximum Gasteiger partial charge on any atom is 0.251 e. The summed E-state index contributed by atoms with van der Waals surface area (Å²) in [6.07, 6.45) is 0.318. The lowest BCUT2D eigenvalue weighted by Crippen LogP contribution is -2.25. The van der Waals surface area contributed by atoms with Gasteiger partial charge in [-0.2, -0.15) is 4.79 Å². The molecule has 0 saturated carbocycles. The van der Waals surface area contributed by atoms with E-state index in [1.54, 1.807) is 32.0 Å². The summed E-state index contributed by atoms with van der Waals surface area (Å²) in [5, 5.41) is 3.24. The molecule has 0 radical (unpaired) electrons. The zero-order valence-corrected chi connectivity index (χ0v) is 17.3. The third-order valence-electron chi connectivity index (χ3n) is 4.99. The van der Waals surface area contributed by atoms with E-state index in [4.69, 9.17) is 21.1 Å². The van der Waals surface area contributed by atoms with E-state index >= 15 is 0 Å². The van der Waals surface area contributed by atoms with Gasteiger partial charge in [-0.3, -0.25) is 4.79 Å². The van der Waals surface area contributed by atoms with Crippen molar-refractivity contribution in [2.45, 2.75) is 20.3 Å². The molecule has 0 aliphatic carbocycles. The van der Waals surface area contributed by atoms with Crippen molar-refractivity contribution in [3.05, 3.63) is 57.5 Å². The van der Waals surface area contributed by atoms with Crippen molar-refractivity contribution in [3.63, 3.8) is 0 Å². The van der Waals surface area contributed by atoms with Gasteiger partial charge < -0.3 is 14.8 Å². The molecule has 2 aromatic carbocycles. The monoisotopic (exact) mass is 422 g/mol. The summed E-state index contributed by atoms with van der Waals surface area (Å²) in [6.45, 7) is 3.42. The first-order chi connectivity index (χ1) is 13.8. The van der Waals surface area contributed by atoms with Gasteiger partial charge in [-0.25, -0.2) is 4.39 Å². The van der Waals surface area contributed by atoms with E-state index in [0.29, 0.717) is 50.5 Å². The maximum atomic E-state index is 14.6. The molecule has 1 aromatic heterocycles. The van der Waals surface area contributed by atoms with Crippen LogP contribution in [-0.2, 0) is 6.42 Å². The predicted octanol–water partition coefficient (Wildman–Crippen LogP) is 4.77. The van der Waals surface area contributed by atoms with E-state index < -0.39 is 5.82 Å². The SMILES string of the molecule is COc1ccc(C(=O)NCCc2c(C)n(F)c3c(Cl)cc(F)c(C)c23)cc1OC. The number of ether oxygens (including phenoxy) is 2. The number of carbonyl (C=O) groups excluding carboxylic acids is 1. The number of amides is 1. The van der Waals surface area contributed by atoms with E-state index in [0.717, 1.165) is 6.07 Å². The van der Waals surface area contributed by atoms with Crippen molar-refractivity contribution in [2.24, 2.45) is 0 Å². The number of aromatic nitrogens is 1. The lowest BCUT2D eigenvalue weighted by atomic mass is 10.0. The number of benzene rings is 2. The lowest BCUT2D eigenvalue weighted by molar-refractivity contribution is 0.0953. The second kappa shape index (κ2) is 8.29. The number of methoxy groups -OCH3 is 2. The van der Waals surface area contributed by atoms with Crippen molar-refractivity contribution in [3.8, 4) is 11.5 Å². The fourth-order valence-corrected chi connectivity index (χ4v) is 3.68. The van der Waals surface area contributed by atoms with Crippen LogP contribution in [0.1, 0.15) is 27.2 Å². The molecule has 8 heteroatoms. The molecule has 29 heavy (non-hydrogen) atoms. The topological polar surface area (TPSA) is 52.5 Å². The second-order valence-electron chi connectivity index (χ2n) is 6.61. The summed E-state index contributed by atoms with van der Waals surface area (Å²) in [5.74, 6) is 0.152. The summed E-state index contributed by atoms with van der Waals surface area (Å²) in [4.78, 5) is 12.9. The van der Waals surface area contributed by atoms with Gasteiger partial charge in [0.25, 0.3) is 5.91 Å². The summed E-state index contributed by atoms with van der Waals surface area (Å²) < 4.78 is 39.1. The molecule has 1 amide bonds. The Hall–Kier alpha value is -2.80. The van der Waals surface area contributed by atoms with Crippen LogP contribution in [0.25, 0.3) is 10.9 Å². The molecule has 0 aliphatic rings. The summed E-state index contributed by atoms with van der Waals surface area (Å²) in [7, 11) is 3.00. The normalized spacial score (nSPS) is 11.0. The Balaban J connectivity index is 1.82. The molecule has 5 nitrogen and oxygen atoms in total. The van der Waals surface area contributed by atoms with Gasteiger partial charge >= 0.3 is 0 Å². The molecular weight excluding hydrogens is 402 g/mol. The Morgan fingerprint density at radius 1 is 1.17 bits per heavy atom.